The van der Waals surface area contributed by atoms with Crippen molar-refractivity contribution in [3.8, 4) is 0 Å². The smallest absolute Gasteiger partial charge is 0.264 e. The van der Waals surface area contributed by atoms with Gasteiger partial charge >= 0.3 is 0 Å². The molecule has 0 saturated carbocycles. The van der Waals surface area contributed by atoms with Crippen molar-refractivity contribution in [1.82, 2.24) is 5.32 Å². The number of carbonyl (C=O) groups is 1. The van der Waals surface area contributed by atoms with Gasteiger partial charge < -0.3 is 5.32 Å². The Morgan fingerprint density at radius 1 is 0.882 bits per heavy atom. The molecule has 0 bridgehead atoms. The monoisotopic (exact) mass is 520 g/mol. The summed E-state index contributed by atoms with van der Waals surface area (Å²) in [5.74, 6) is -0.523. The van der Waals surface area contributed by atoms with Crippen LogP contribution in [0.5, 0.6) is 0 Å². The SMILES string of the molecule is Cc1ccc(S(=O)(=O)N(CC(=O)NC(C)c2ccc(S(C)(=O)=O)cc2)c2ccc(Cl)cc2)cc1. The molecule has 0 spiro atoms. The van der Waals surface area contributed by atoms with Crippen molar-refractivity contribution in [2.75, 3.05) is 17.1 Å². The van der Waals surface area contributed by atoms with E-state index in [0.29, 0.717) is 16.3 Å². The van der Waals surface area contributed by atoms with Crippen LogP contribution in [0.3, 0.4) is 0 Å². The zero-order chi connectivity index (χ0) is 25.1. The highest BCUT2D eigenvalue weighted by atomic mass is 35.5. The number of nitrogens with zero attached hydrogens (tertiary/aromatic N) is 1. The number of hydrogen-bond donors (Lipinski definition) is 1. The predicted octanol–water partition coefficient (Wildman–Crippen LogP) is 4.12. The van der Waals surface area contributed by atoms with Gasteiger partial charge in [-0.25, -0.2) is 16.8 Å². The van der Waals surface area contributed by atoms with Crippen LogP contribution < -0.4 is 9.62 Å². The zero-order valence-corrected chi connectivity index (χ0v) is 21.3. The predicted molar refractivity (Wildman–Crippen MR) is 133 cm³/mol. The van der Waals surface area contributed by atoms with Gasteiger partial charge in [0.05, 0.1) is 21.5 Å². The quantitative estimate of drug-likeness (QED) is 0.481. The van der Waals surface area contributed by atoms with Gasteiger partial charge in [0.2, 0.25) is 5.91 Å². The van der Waals surface area contributed by atoms with Crippen LogP contribution in [0.15, 0.2) is 82.6 Å². The number of carbonyl (C=O) groups excluding carboxylic acids is 1. The second kappa shape index (κ2) is 10.2. The first-order chi connectivity index (χ1) is 15.9. The molecule has 0 radical (unpaired) electrons. The maximum absolute atomic E-state index is 13.4. The molecule has 0 aliphatic carbocycles. The van der Waals surface area contributed by atoms with Crippen LogP contribution in [0.2, 0.25) is 5.02 Å². The number of benzene rings is 3. The van der Waals surface area contributed by atoms with Crippen LogP contribution in [0.25, 0.3) is 0 Å². The van der Waals surface area contributed by atoms with Gasteiger partial charge in [0.25, 0.3) is 10.0 Å². The summed E-state index contributed by atoms with van der Waals surface area (Å²) in [7, 11) is -7.37. The van der Waals surface area contributed by atoms with Crippen LogP contribution in [0, 0.1) is 6.92 Å². The lowest BCUT2D eigenvalue weighted by molar-refractivity contribution is -0.120. The van der Waals surface area contributed by atoms with Crippen molar-refractivity contribution in [1.29, 1.82) is 0 Å². The summed E-state index contributed by atoms with van der Waals surface area (Å²) in [5, 5.41) is 3.22. The Balaban J connectivity index is 1.85. The van der Waals surface area contributed by atoms with Gasteiger partial charge in [-0.1, -0.05) is 41.4 Å². The van der Waals surface area contributed by atoms with Crippen molar-refractivity contribution < 1.29 is 21.6 Å². The maximum Gasteiger partial charge on any atom is 0.264 e. The number of sulfone groups is 1. The first-order valence-electron chi connectivity index (χ1n) is 10.3. The van der Waals surface area contributed by atoms with Gasteiger partial charge in [0.1, 0.15) is 6.54 Å². The molecular formula is C24H25ClN2O5S2. The van der Waals surface area contributed by atoms with Crippen molar-refractivity contribution >= 4 is 43.1 Å². The van der Waals surface area contributed by atoms with Crippen molar-refractivity contribution in [2.45, 2.75) is 29.7 Å². The van der Waals surface area contributed by atoms with E-state index in [0.717, 1.165) is 16.1 Å². The van der Waals surface area contributed by atoms with Gasteiger partial charge in [0.15, 0.2) is 9.84 Å². The van der Waals surface area contributed by atoms with Crippen molar-refractivity contribution in [2.24, 2.45) is 0 Å². The van der Waals surface area contributed by atoms with Crippen molar-refractivity contribution in [3.05, 3.63) is 88.9 Å². The summed E-state index contributed by atoms with van der Waals surface area (Å²) in [6, 6.07) is 18.2. The Hall–Kier alpha value is -2.88. The normalized spacial score (nSPS) is 12.7. The highest BCUT2D eigenvalue weighted by Gasteiger charge is 2.27. The van der Waals surface area contributed by atoms with E-state index in [2.05, 4.69) is 5.32 Å². The molecule has 1 N–H and O–H groups in total. The molecule has 0 aliphatic rings. The number of hydrogen-bond acceptors (Lipinski definition) is 5. The fourth-order valence-electron chi connectivity index (χ4n) is 3.26. The third-order valence-corrected chi connectivity index (χ3v) is 8.37. The van der Waals surface area contributed by atoms with E-state index < -0.39 is 38.4 Å². The van der Waals surface area contributed by atoms with Gasteiger partial charge in [-0.05, 0) is 67.9 Å². The summed E-state index contributed by atoms with van der Waals surface area (Å²) in [4.78, 5) is 13.1. The van der Waals surface area contributed by atoms with Crippen LogP contribution in [0.1, 0.15) is 24.1 Å². The number of halogens is 1. The topological polar surface area (TPSA) is 101 Å². The molecular weight excluding hydrogens is 496 g/mol. The molecule has 1 amide bonds. The number of nitrogens with one attached hydrogen (secondary N) is 1. The van der Waals surface area contributed by atoms with E-state index in [4.69, 9.17) is 11.6 Å². The molecule has 1 unspecified atom stereocenters. The highest BCUT2D eigenvalue weighted by molar-refractivity contribution is 7.93. The van der Waals surface area contributed by atoms with Crippen LogP contribution in [-0.2, 0) is 24.7 Å². The minimum atomic E-state index is -4.04. The third kappa shape index (κ3) is 6.16. The van der Waals surface area contributed by atoms with E-state index in [-0.39, 0.29) is 9.79 Å². The minimum absolute atomic E-state index is 0.0604. The van der Waals surface area contributed by atoms with Crippen LogP contribution >= 0.6 is 11.6 Å². The lowest BCUT2D eigenvalue weighted by Crippen LogP contribution is -2.41. The largest absolute Gasteiger partial charge is 0.348 e. The third-order valence-electron chi connectivity index (χ3n) is 5.20. The highest BCUT2D eigenvalue weighted by Crippen LogP contribution is 2.25. The van der Waals surface area contributed by atoms with E-state index in [1.165, 1.54) is 36.4 Å². The number of aryl methyl sites for hydroxylation is 1. The molecule has 34 heavy (non-hydrogen) atoms. The minimum Gasteiger partial charge on any atom is -0.348 e. The molecule has 7 nitrogen and oxygen atoms in total. The van der Waals surface area contributed by atoms with Gasteiger partial charge in [-0.15, -0.1) is 0 Å². The Bertz CT molecular complexity index is 1370. The lowest BCUT2D eigenvalue weighted by Gasteiger charge is -2.25. The number of rotatable bonds is 8. The Kier molecular flexibility index (Phi) is 7.70. The zero-order valence-electron chi connectivity index (χ0n) is 18.9. The van der Waals surface area contributed by atoms with E-state index in [1.807, 2.05) is 6.92 Å². The molecule has 180 valence electrons. The first kappa shape index (κ1) is 25.7. The Labute approximate surface area is 205 Å². The fraction of sp³-hybridized carbons (Fsp3) is 0.208. The number of amides is 1. The summed E-state index contributed by atoms with van der Waals surface area (Å²) in [5.41, 5.74) is 1.89. The molecule has 3 aromatic rings. The molecule has 1 atom stereocenters. The molecule has 0 saturated heterocycles. The van der Waals surface area contributed by atoms with Gasteiger partial charge in [-0.2, -0.15) is 0 Å². The van der Waals surface area contributed by atoms with E-state index in [1.54, 1.807) is 43.3 Å². The molecule has 0 aromatic heterocycles. The average Bonchev–Trinajstić information content (AvgIpc) is 2.78. The number of anilines is 1. The van der Waals surface area contributed by atoms with Gasteiger partial charge in [0, 0.05) is 11.3 Å². The lowest BCUT2D eigenvalue weighted by atomic mass is 10.1. The van der Waals surface area contributed by atoms with E-state index in [9.17, 15) is 21.6 Å². The molecule has 0 aliphatic heterocycles. The summed E-state index contributed by atoms with van der Waals surface area (Å²) < 4.78 is 51.2. The van der Waals surface area contributed by atoms with Gasteiger partial charge in [-0.3, -0.25) is 9.10 Å². The van der Waals surface area contributed by atoms with Crippen molar-refractivity contribution in [3.63, 3.8) is 0 Å². The first-order valence-corrected chi connectivity index (χ1v) is 14.0. The van der Waals surface area contributed by atoms with E-state index >= 15 is 0 Å². The molecule has 3 aromatic carbocycles. The fourth-order valence-corrected chi connectivity index (χ4v) is 5.44. The van der Waals surface area contributed by atoms with Crippen LogP contribution in [0.4, 0.5) is 5.69 Å². The molecule has 10 heteroatoms. The Morgan fingerprint density at radius 2 is 1.41 bits per heavy atom. The summed E-state index contributed by atoms with van der Waals surface area (Å²) >= 11 is 5.96. The second-order valence-electron chi connectivity index (χ2n) is 7.93. The average molecular weight is 521 g/mol. The molecule has 3 rings (SSSR count). The Morgan fingerprint density at radius 3 is 1.94 bits per heavy atom. The summed E-state index contributed by atoms with van der Waals surface area (Å²) in [6.07, 6.45) is 1.12. The van der Waals surface area contributed by atoms with Crippen LogP contribution in [-0.4, -0.2) is 35.5 Å². The maximum atomic E-state index is 13.4. The molecule has 0 heterocycles. The molecule has 0 fully saturated rings. The standard InChI is InChI=1S/C24H25ClN2O5S2/c1-17-4-12-23(13-5-17)34(31,32)27(21-10-8-20(25)9-11-21)16-24(28)26-18(2)19-6-14-22(15-7-19)33(3,29)30/h4-15,18H,16H2,1-3H3,(H,26,28). The summed E-state index contributed by atoms with van der Waals surface area (Å²) in [6.45, 7) is 3.13. The second-order valence-corrected chi connectivity index (χ2v) is 12.2. The number of sulfonamides is 1.